The summed E-state index contributed by atoms with van der Waals surface area (Å²) in [5, 5.41) is 18.6. The van der Waals surface area contributed by atoms with Crippen molar-refractivity contribution in [3.05, 3.63) is 0 Å². The Hall–Kier alpha value is -1.10. The molecule has 21 heavy (non-hydrogen) atoms. The van der Waals surface area contributed by atoms with Gasteiger partial charge < -0.3 is 15.1 Å². The van der Waals surface area contributed by atoms with Crippen molar-refractivity contribution in [2.75, 3.05) is 19.7 Å². The Bertz CT molecular complexity index is 374. The molecule has 1 aliphatic heterocycles. The summed E-state index contributed by atoms with van der Waals surface area (Å²) in [6.07, 6.45) is 7.02. The fourth-order valence-corrected chi connectivity index (χ4v) is 3.75. The molecule has 120 valence electrons. The maximum absolute atomic E-state index is 12.5. The number of rotatable bonds is 5. The van der Waals surface area contributed by atoms with Gasteiger partial charge in [-0.3, -0.25) is 9.59 Å². The van der Waals surface area contributed by atoms with Crippen LogP contribution in [0.3, 0.4) is 0 Å². The van der Waals surface area contributed by atoms with Gasteiger partial charge in [-0.05, 0) is 31.6 Å². The highest BCUT2D eigenvalue weighted by molar-refractivity contribution is 5.85. The summed E-state index contributed by atoms with van der Waals surface area (Å²) in [7, 11) is 0. The first-order valence-electron chi connectivity index (χ1n) is 8.19. The highest BCUT2D eigenvalue weighted by atomic mass is 16.4. The van der Waals surface area contributed by atoms with E-state index in [1.165, 1.54) is 0 Å². The van der Waals surface area contributed by atoms with E-state index in [1.807, 2.05) is 0 Å². The average molecular weight is 297 g/mol. The molecule has 5 heteroatoms. The number of carbonyl (C=O) groups excluding carboxylic acids is 1. The maximum atomic E-state index is 12.5. The van der Waals surface area contributed by atoms with Gasteiger partial charge in [0.2, 0.25) is 5.91 Å². The van der Waals surface area contributed by atoms with Crippen LogP contribution < -0.4 is 0 Å². The summed E-state index contributed by atoms with van der Waals surface area (Å²) < 4.78 is 0. The van der Waals surface area contributed by atoms with E-state index >= 15 is 0 Å². The first-order valence-corrected chi connectivity index (χ1v) is 8.19. The van der Waals surface area contributed by atoms with Crippen molar-refractivity contribution in [3.8, 4) is 0 Å². The van der Waals surface area contributed by atoms with Crippen molar-refractivity contribution in [2.24, 2.45) is 11.3 Å². The number of aliphatic carboxylic acids is 1. The third kappa shape index (κ3) is 3.96. The molecular weight excluding hydrogens is 270 g/mol. The van der Waals surface area contributed by atoms with Gasteiger partial charge in [-0.2, -0.15) is 0 Å². The number of hydrogen-bond donors (Lipinski definition) is 2. The summed E-state index contributed by atoms with van der Waals surface area (Å²) in [6, 6.07) is 0. The molecule has 0 radical (unpaired) electrons. The van der Waals surface area contributed by atoms with Crippen LogP contribution in [0.1, 0.15) is 57.8 Å². The van der Waals surface area contributed by atoms with Gasteiger partial charge >= 0.3 is 5.97 Å². The van der Waals surface area contributed by atoms with E-state index in [9.17, 15) is 14.7 Å². The number of likely N-dealkylation sites (tertiary alicyclic amines) is 1. The second kappa shape index (κ2) is 7.25. The minimum Gasteiger partial charge on any atom is -0.481 e. The smallest absolute Gasteiger partial charge is 0.310 e. The van der Waals surface area contributed by atoms with Gasteiger partial charge in [0.15, 0.2) is 0 Å². The zero-order chi connectivity index (χ0) is 15.3. The minimum atomic E-state index is -0.845. The highest BCUT2D eigenvalue weighted by Crippen LogP contribution is 2.39. The summed E-state index contributed by atoms with van der Waals surface area (Å²) in [5.74, 6) is -0.447. The van der Waals surface area contributed by atoms with E-state index in [0.717, 1.165) is 38.5 Å². The van der Waals surface area contributed by atoms with E-state index in [-0.39, 0.29) is 18.9 Å². The molecule has 1 saturated carbocycles. The van der Waals surface area contributed by atoms with E-state index in [0.29, 0.717) is 31.8 Å². The van der Waals surface area contributed by atoms with Gasteiger partial charge in [-0.15, -0.1) is 0 Å². The van der Waals surface area contributed by atoms with Crippen molar-refractivity contribution < 1.29 is 19.8 Å². The molecule has 1 unspecified atom stereocenters. The van der Waals surface area contributed by atoms with Crippen molar-refractivity contribution in [1.82, 2.24) is 4.90 Å². The Balaban J connectivity index is 1.97. The predicted octanol–water partition coefficient (Wildman–Crippen LogP) is 2.03. The monoisotopic (exact) mass is 297 g/mol. The first-order chi connectivity index (χ1) is 10.1. The number of amides is 1. The SMILES string of the molecule is O=C(CC1(C(=O)O)CCCCCC1)N1CCC(CCO)C1. The number of carboxylic acids is 1. The van der Waals surface area contributed by atoms with Crippen LogP contribution in [0.5, 0.6) is 0 Å². The summed E-state index contributed by atoms with van der Waals surface area (Å²) in [4.78, 5) is 26.0. The number of carbonyl (C=O) groups is 2. The molecule has 1 heterocycles. The Kier molecular flexibility index (Phi) is 5.62. The largest absolute Gasteiger partial charge is 0.481 e. The molecule has 0 bridgehead atoms. The molecule has 1 atom stereocenters. The van der Waals surface area contributed by atoms with Crippen molar-refractivity contribution in [1.29, 1.82) is 0 Å². The lowest BCUT2D eigenvalue weighted by atomic mass is 9.77. The van der Waals surface area contributed by atoms with Crippen LogP contribution in [0.2, 0.25) is 0 Å². The molecule has 1 amide bonds. The van der Waals surface area contributed by atoms with Crippen LogP contribution in [-0.4, -0.2) is 46.7 Å². The molecule has 0 aromatic heterocycles. The molecule has 0 aromatic rings. The molecule has 0 aromatic carbocycles. The van der Waals surface area contributed by atoms with Crippen LogP contribution >= 0.6 is 0 Å². The van der Waals surface area contributed by atoms with Gasteiger partial charge in [0.05, 0.1) is 5.41 Å². The summed E-state index contributed by atoms with van der Waals surface area (Å²) in [5.41, 5.74) is -0.845. The topological polar surface area (TPSA) is 77.8 Å². The Morgan fingerprint density at radius 2 is 1.81 bits per heavy atom. The molecule has 5 nitrogen and oxygen atoms in total. The molecular formula is C16H27NO4. The third-order valence-electron chi connectivity index (χ3n) is 5.18. The predicted molar refractivity (Wildman–Crippen MR) is 78.8 cm³/mol. The molecule has 2 fully saturated rings. The molecule has 1 saturated heterocycles. The van der Waals surface area contributed by atoms with Gasteiger partial charge in [0.1, 0.15) is 0 Å². The maximum Gasteiger partial charge on any atom is 0.310 e. The molecule has 1 aliphatic carbocycles. The standard InChI is InChI=1S/C16H27NO4/c18-10-6-13-5-9-17(12-13)14(19)11-16(15(20)21)7-3-1-2-4-8-16/h13,18H,1-12H2,(H,20,21). The van der Waals surface area contributed by atoms with E-state index in [1.54, 1.807) is 4.90 Å². The Morgan fingerprint density at radius 1 is 1.14 bits per heavy atom. The van der Waals surface area contributed by atoms with Crippen molar-refractivity contribution in [2.45, 2.75) is 57.8 Å². The van der Waals surface area contributed by atoms with Crippen LogP contribution in [0.15, 0.2) is 0 Å². The molecule has 2 rings (SSSR count). The molecule has 0 spiro atoms. The number of aliphatic hydroxyl groups is 1. The van der Waals surface area contributed by atoms with E-state index in [4.69, 9.17) is 5.11 Å². The zero-order valence-electron chi connectivity index (χ0n) is 12.7. The minimum absolute atomic E-state index is 0.0141. The number of nitrogens with zero attached hydrogens (tertiary/aromatic N) is 1. The average Bonchev–Trinajstić information content (AvgIpc) is 2.78. The van der Waals surface area contributed by atoms with Crippen LogP contribution in [0.4, 0.5) is 0 Å². The third-order valence-corrected chi connectivity index (χ3v) is 5.18. The quantitative estimate of drug-likeness (QED) is 0.761. The first kappa shape index (κ1) is 16.3. The van der Waals surface area contributed by atoms with Gasteiger partial charge in [-0.1, -0.05) is 25.7 Å². The van der Waals surface area contributed by atoms with Crippen LogP contribution in [-0.2, 0) is 9.59 Å². The van der Waals surface area contributed by atoms with Crippen LogP contribution in [0.25, 0.3) is 0 Å². The van der Waals surface area contributed by atoms with Crippen molar-refractivity contribution >= 4 is 11.9 Å². The lowest BCUT2D eigenvalue weighted by Crippen LogP contribution is -2.39. The van der Waals surface area contributed by atoms with Gasteiger partial charge in [0, 0.05) is 26.1 Å². The molecule has 2 aliphatic rings. The lowest BCUT2D eigenvalue weighted by molar-refractivity contribution is -0.154. The van der Waals surface area contributed by atoms with Gasteiger partial charge in [0.25, 0.3) is 0 Å². The second-order valence-electron chi connectivity index (χ2n) is 6.68. The van der Waals surface area contributed by atoms with Crippen LogP contribution in [0, 0.1) is 11.3 Å². The fourth-order valence-electron chi connectivity index (χ4n) is 3.75. The molecule has 2 N–H and O–H groups in total. The van der Waals surface area contributed by atoms with E-state index in [2.05, 4.69) is 0 Å². The van der Waals surface area contributed by atoms with Gasteiger partial charge in [-0.25, -0.2) is 0 Å². The highest BCUT2D eigenvalue weighted by Gasteiger charge is 2.42. The summed E-state index contributed by atoms with van der Waals surface area (Å²) in [6.45, 7) is 1.54. The number of hydrogen-bond acceptors (Lipinski definition) is 3. The van der Waals surface area contributed by atoms with Crippen molar-refractivity contribution in [3.63, 3.8) is 0 Å². The van der Waals surface area contributed by atoms with E-state index < -0.39 is 11.4 Å². The normalized spacial score (nSPS) is 25.6. The zero-order valence-corrected chi connectivity index (χ0v) is 12.7. The second-order valence-corrected chi connectivity index (χ2v) is 6.68. The fraction of sp³-hybridized carbons (Fsp3) is 0.875. The Morgan fingerprint density at radius 3 is 2.38 bits per heavy atom. The Labute approximate surface area is 126 Å². The lowest BCUT2D eigenvalue weighted by Gasteiger charge is -2.29. The number of carboxylic acid groups (broad SMARTS) is 1. The number of aliphatic hydroxyl groups excluding tert-OH is 1. The summed E-state index contributed by atoms with van der Waals surface area (Å²) >= 11 is 0.